The Morgan fingerprint density at radius 1 is 0.658 bits per heavy atom. The second kappa shape index (κ2) is 14.6. The number of esters is 2. The van der Waals surface area contributed by atoms with E-state index in [1.54, 1.807) is 6.92 Å². The number of rotatable bonds is 12. The molecule has 0 aliphatic heterocycles. The van der Waals surface area contributed by atoms with Crippen LogP contribution < -0.4 is 5.32 Å². The number of benzene rings is 3. The third-order valence-corrected chi connectivity index (χ3v) is 5.88. The van der Waals surface area contributed by atoms with Crippen LogP contribution in [-0.4, -0.2) is 30.7 Å². The Morgan fingerprint density at radius 3 is 1.76 bits per heavy atom. The summed E-state index contributed by atoms with van der Waals surface area (Å²) < 4.78 is 16.1. The van der Waals surface area contributed by atoms with Gasteiger partial charge in [-0.15, -0.1) is 0 Å². The minimum absolute atomic E-state index is 0.0178. The first-order valence-corrected chi connectivity index (χ1v) is 12.7. The van der Waals surface area contributed by atoms with Crippen molar-refractivity contribution < 1.29 is 28.6 Å². The van der Waals surface area contributed by atoms with Gasteiger partial charge in [0.2, 0.25) is 0 Å². The molecular weight excluding hydrogens is 482 g/mol. The zero-order valence-corrected chi connectivity index (χ0v) is 22.1. The van der Waals surface area contributed by atoms with Gasteiger partial charge in [0.05, 0.1) is 5.92 Å². The summed E-state index contributed by atoms with van der Waals surface area (Å²) in [5, 5.41) is 2.47. The average Bonchev–Trinajstić information content (AvgIpc) is 2.93. The van der Waals surface area contributed by atoms with Crippen molar-refractivity contribution in [2.24, 2.45) is 5.92 Å². The van der Waals surface area contributed by atoms with Gasteiger partial charge in [-0.25, -0.2) is 9.59 Å². The van der Waals surface area contributed by atoms with E-state index in [0.29, 0.717) is 5.92 Å². The van der Waals surface area contributed by atoms with E-state index in [4.69, 9.17) is 14.2 Å². The molecule has 1 N–H and O–H groups in total. The first-order valence-electron chi connectivity index (χ1n) is 12.7. The van der Waals surface area contributed by atoms with Gasteiger partial charge < -0.3 is 19.5 Å². The molecule has 0 bridgehead atoms. The number of alkyl carbamates (subject to hydrolysis) is 1. The molecule has 0 saturated carbocycles. The fourth-order valence-electron chi connectivity index (χ4n) is 3.75. The van der Waals surface area contributed by atoms with Gasteiger partial charge in [0.15, 0.2) is 6.04 Å². The minimum atomic E-state index is -1.23. The van der Waals surface area contributed by atoms with Crippen LogP contribution in [0.4, 0.5) is 4.79 Å². The van der Waals surface area contributed by atoms with Gasteiger partial charge in [-0.05, 0) is 41.5 Å². The van der Waals surface area contributed by atoms with Gasteiger partial charge in [-0.2, -0.15) is 0 Å². The number of amides is 1. The van der Waals surface area contributed by atoms with Crippen molar-refractivity contribution in [3.8, 4) is 0 Å². The maximum atomic E-state index is 12.8. The molecule has 2 atom stereocenters. The van der Waals surface area contributed by atoms with Crippen molar-refractivity contribution >= 4 is 18.0 Å². The predicted molar refractivity (Wildman–Crippen MR) is 144 cm³/mol. The third-order valence-electron chi connectivity index (χ3n) is 5.88. The summed E-state index contributed by atoms with van der Waals surface area (Å²) in [7, 11) is 0. The number of hydrogen-bond acceptors (Lipinski definition) is 6. The molecule has 0 aromatic heterocycles. The molecule has 3 aromatic rings. The van der Waals surface area contributed by atoms with E-state index in [9.17, 15) is 14.4 Å². The van der Waals surface area contributed by atoms with E-state index < -0.39 is 30.0 Å². The molecule has 3 aromatic carbocycles. The highest BCUT2D eigenvalue weighted by molar-refractivity contribution is 5.82. The van der Waals surface area contributed by atoms with E-state index in [-0.39, 0.29) is 19.8 Å². The quantitative estimate of drug-likeness (QED) is 0.250. The van der Waals surface area contributed by atoms with Crippen molar-refractivity contribution in [2.45, 2.75) is 52.4 Å². The van der Waals surface area contributed by atoms with E-state index in [1.807, 2.05) is 84.9 Å². The Balaban J connectivity index is 1.59. The molecule has 0 aliphatic rings. The average molecular weight is 518 g/mol. The van der Waals surface area contributed by atoms with Gasteiger partial charge in [-0.3, -0.25) is 4.79 Å². The van der Waals surface area contributed by atoms with Crippen LogP contribution in [0.15, 0.2) is 84.9 Å². The van der Waals surface area contributed by atoms with Crippen LogP contribution in [-0.2, 0) is 43.4 Å². The van der Waals surface area contributed by atoms with Gasteiger partial charge in [0, 0.05) is 0 Å². The molecule has 7 nitrogen and oxygen atoms in total. The summed E-state index contributed by atoms with van der Waals surface area (Å²) in [6, 6.07) is 24.9. The number of hydrogen-bond donors (Lipinski definition) is 1. The maximum absolute atomic E-state index is 12.8. The highest BCUT2D eigenvalue weighted by Crippen LogP contribution is 2.19. The van der Waals surface area contributed by atoms with E-state index in [0.717, 1.165) is 23.1 Å². The second-order valence-electron chi connectivity index (χ2n) is 9.54. The summed E-state index contributed by atoms with van der Waals surface area (Å²) in [5.74, 6) is -1.26. The zero-order valence-electron chi connectivity index (χ0n) is 22.1. The van der Waals surface area contributed by atoms with Gasteiger partial charge in [0.25, 0.3) is 0 Å². The molecular formula is C31H35NO6. The fraction of sp³-hybridized carbons (Fsp3) is 0.323. The number of ether oxygens (including phenoxy) is 3. The molecule has 0 fully saturated rings. The lowest BCUT2D eigenvalue weighted by Gasteiger charge is -2.19. The Kier molecular flexibility index (Phi) is 10.9. The molecule has 1 amide bonds. The van der Waals surface area contributed by atoms with E-state index in [1.165, 1.54) is 5.56 Å². The van der Waals surface area contributed by atoms with Crippen LogP contribution >= 0.6 is 0 Å². The van der Waals surface area contributed by atoms with Crippen LogP contribution in [0.25, 0.3) is 0 Å². The Bertz CT molecular complexity index is 1160. The van der Waals surface area contributed by atoms with Crippen LogP contribution in [0.3, 0.4) is 0 Å². The lowest BCUT2D eigenvalue weighted by Crippen LogP contribution is -2.45. The summed E-state index contributed by atoms with van der Waals surface area (Å²) in [6.45, 7) is 5.71. The van der Waals surface area contributed by atoms with Crippen molar-refractivity contribution in [3.05, 3.63) is 107 Å². The number of carbonyl (C=O) groups excluding carboxylic acids is 3. The van der Waals surface area contributed by atoms with Crippen LogP contribution in [0.2, 0.25) is 0 Å². The summed E-state index contributed by atoms with van der Waals surface area (Å²) >= 11 is 0. The van der Waals surface area contributed by atoms with E-state index in [2.05, 4.69) is 19.2 Å². The normalized spacial score (nSPS) is 12.3. The maximum Gasteiger partial charge on any atom is 0.408 e. The molecule has 0 saturated heterocycles. The highest BCUT2D eigenvalue weighted by atomic mass is 16.6. The summed E-state index contributed by atoms with van der Waals surface area (Å²) in [6.07, 6.45) is 0.137. The number of nitrogens with one attached hydrogen (secondary N) is 1. The van der Waals surface area contributed by atoms with Crippen LogP contribution in [0.1, 0.15) is 48.9 Å². The van der Waals surface area contributed by atoms with Crippen LogP contribution in [0.5, 0.6) is 0 Å². The minimum Gasteiger partial charge on any atom is -0.462 e. The molecule has 200 valence electrons. The van der Waals surface area contributed by atoms with Gasteiger partial charge >= 0.3 is 18.0 Å². The number of carbonyl (C=O) groups is 3. The second-order valence-corrected chi connectivity index (χ2v) is 9.54. The predicted octanol–water partition coefficient (Wildman–Crippen LogP) is 5.57. The molecule has 38 heavy (non-hydrogen) atoms. The molecule has 0 unspecified atom stereocenters. The molecule has 3 rings (SSSR count). The molecule has 0 aliphatic carbocycles. The highest BCUT2D eigenvalue weighted by Gasteiger charge is 2.27. The Hall–Kier alpha value is -4.13. The third kappa shape index (κ3) is 9.39. The lowest BCUT2D eigenvalue weighted by atomic mass is 9.97. The van der Waals surface area contributed by atoms with Crippen molar-refractivity contribution in [3.63, 3.8) is 0 Å². The van der Waals surface area contributed by atoms with Gasteiger partial charge in [-0.1, -0.05) is 98.8 Å². The molecule has 0 spiro atoms. The monoisotopic (exact) mass is 517 g/mol. The smallest absolute Gasteiger partial charge is 0.408 e. The Labute approximate surface area is 224 Å². The summed E-state index contributed by atoms with van der Waals surface area (Å²) in [5.41, 5.74) is 3.59. The SMILES string of the molecule is CC(C)Cc1ccc([C@@H](C)C(=O)OC[C@H](NC(=O)OCc2ccccc2)C(=O)OCc2ccccc2)cc1. The van der Waals surface area contributed by atoms with Crippen molar-refractivity contribution in [2.75, 3.05) is 6.61 Å². The summed E-state index contributed by atoms with van der Waals surface area (Å²) in [4.78, 5) is 38.0. The van der Waals surface area contributed by atoms with E-state index >= 15 is 0 Å². The van der Waals surface area contributed by atoms with Crippen molar-refractivity contribution in [1.82, 2.24) is 5.32 Å². The van der Waals surface area contributed by atoms with Gasteiger partial charge in [0.1, 0.15) is 19.8 Å². The first-order chi connectivity index (χ1) is 18.3. The fourth-order valence-corrected chi connectivity index (χ4v) is 3.75. The van der Waals surface area contributed by atoms with Crippen LogP contribution in [0, 0.1) is 5.92 Å². The molecule has 0 radical (unpaired) electrons. The molecule has 0 heterocycles. The standard InChI is InChI=1S/C31H35NO6/c1-22(2)18-24-14-16-27(17-15-24)23(3)29(33)37-21-28(30(34)36-19-25-10-6-4-7-11-25)32-31(35)38-20-26-12-8-5-9-13-26/h4-17,22-23,28H,18-21H2,1-3H3,(H,32,35)/t23-,28+/m1/s1. The largest absolute Gasteiger partial charge is 0.462 e. The topological polar surface area (TPSA) is 90.9 Å². The lowest BCUT2D eigenvalue weighted by molar-refractivity contribution is -0.153. The first kappa shape index (κ1) is 28.4. The van der Waals surface area contributed by atoms with Crippen molar-refractivity contribution in [1.29, 1.82) is 0 Å². The molecule has 7 heteroatoms. The zero-order chi connectivity index (χ0) is 27.3. The Morgan fingerprint density at radius 2 is 1.21 bits per heavy atom.